The van der Waals surface area contributed by atoms with Crippen LogP contribution in [0, 0.1) is 0 Å². The van der Waals surface area contributed by atoms with Crippen molar-refractivity contribution in [3.05, 3.63) is 48.5 Å². The zero-order valence-electron chi connectivity index (χ0n) is 11.3. The van der Waals surface area contributed by atoms with E-state index in [4.69, 9.17) is 10.5 Å². The molecule has 20 heavy (non-hydrogen) atoms. The smallest absolute Gasteiger partial charge is 0.264 e. The number of benzene rings is 2. The molecule has 0 fully saturated rings. The molecular weight excluding hydrogens is 276 g/mol. The van der Waals surface area contributed by atoms with Crippen LogP contribution in [0.5, 0.6) is 5.75 Å². The predicted octanol–water partition coefficient (Wildman–Crippen LogP) is 2.10. The molecule has 2 rings (SSSR count). The molecule has 2 aromatic carbocycles. The highest BCUT2D eigenvalue weighted by atomic mass is 32.2. The Morgan fingerprint density at radius 1 is 1.10 bits per heavy atom. The molecule has 6 heteroatoms. The summed E-state index contributed by atoms with van der Waals surface area (Å²) in [4.78, 5) is 0.197. The number of rotatable bonds is 4. The van der Waals surface area contributed by atoms with E-state index < -0.39 is 10.0 Å². The van der Waals surface area contributed by atoms with E-state index in [-0.39, 0.29) is 4.90 Å². The summed E-state index contributed by atoms with van der Waals surface area (Å²) >= 11 is 0. The lowest BCUT2D eigenvalue weighted by atomic mass is 10.3. The number of hydrogen-bond acceptors (Lipinski definition) is 4. The first-order chi connectivity index (χ1) is 9.45. The van der Waals surface area contributed by atoms with Gasteiger partial charge in [-0.15, -0.1) is 0 Å². The average Bonchev–Trinajstić information content (AvgIpc) is 2.46. The van der Waals surface area contributed by atoms with Crippen molar-refractivity contribution >= 4 is 21.4 Å². The van der Waals surface area contributed by atoms with Gasteiger partial charge in [0.05, 0.1) is 17.7 Å². The number of sulfonamides is 1. The normalized spacial score (nSPS) is 11.1. The molecule has 106 valence electrons. The molecule has 0 aliphatic heterocycles. The fraction of sp³-hybridized carbons (Fsp3) is 0.143. The molecule has 0 saturated heterocycles. The third-order valence-corrected chi connectivity index (χ3v) is 4.75. The Labute approximate surface area is 118 Å². The minimum atomic E-state index is -3.61. The van der Waals surface area contributed by atoms with Crippen molar-refractivity contribution in [1.29, 1.82) is 0 Å². The molecule has 0 amide bonds. The fourth-order valence-corrected chi connectivity index (χ4v) is 2.95. The van der Waals surface area contributed by atoms with Crippen LogP contribution in [-0.2, 0) is 10.0 Å². The number of anilines is 2. The Morgan fingerprint density at radius 3 is 2.30 bits per heavy atom. The van der Waals surface area contributed by atoms with Crippen LogP contribution in [0.4, 0.5) is 11.4 Å². The van der Waals surface area contributed by atoms with Crippen molar-refractivity contribution in [2.45, 2.75) is 4.90 Å². The molecule has 0 spiro atoms. The molecule has 0 heterocycles. The molecule has 0 radical (unpaired) electrons. The van der Waals surface area contributed by atoms with Crippen LogP contribution in [0.1, 0.15) is 0 Å². The van der Waals surface area contributed by atoms with Crippen molar-refractivity contribution in [2.24, 2.45) is 0 Å². The molecule has 5 nitrogen and oxygen atoms in total. The molecule has 0 unspecified atom stereocenters. The van der Waals surface area contributed by atoms with Gasteiger partial charge >= 0.3 is 0 Å². The number of nitrogen functional groups attached to an aromatic ring is 1. The summed E-state index contributed by atoms with van der Waals surface area (Å²) in [5.41, 5.74) is 6.71. The SMILES string of the molecule is COc1ccc(S(=O)(=O)N(C)c2cccc(N)c2)cc1. The van der Waals surface area contributed by atoms with Crippen LogP contribution in [0.15, 0.2) is 53.4 Å². The summed E-state index contributed by atoms with van der Waals surface area (Å²) in [6, 6.07) is 13.0. The number of nitrogens with zero attached hydrogens (tertiary/aromatic N) is 1. The molecule has 2 N–H and O–H groups in total. The maximum atomic E-state index is 12.5. The van der Waals surface area contributed by atoms with Gasteiger partial charge in [-0.05, 0) is 42.5 Å². The predicted molar refractivity (Wildman–Crippen MR) is 79.4 cm³/mol. The van der Waals surface area contributed by atoms with Gasteiger partial charge in [0.1, 0.15) is 5.75 Å². The quantitative estimate of drug-likeness (QED) is 0.876. The number of methoxy groups -OCH3 is 1. The third kappa shape index (κ3) is 2.70. The zero-order valence-corrected chi connectivity index (χ0v) is 12.1. The van der Waals surface area contributed by atoms with Gasteiger partial charge in [-0.2, -0.15) is 0 Å². The standard InChI is InChI=1S/C14H16N2O3S/c1-16(12-5-3-4-11(15)10-12)20(17,18)14-8-6-13(19-2)7-9-14/h3-10H,15H2,1-2H3. The third-order valence-electron chi connectivity index (χ3n) is 2.95. The average molecular weight is 292 g/mol. The van der Waals surface area contributed by atoms with Gasteiger partial charge in [-0.3, -0.25) is 4.31 Å². The van der Waals surface area contributed by atoms with Crippen LogP contribution < -0.4 is 14.8 Å². The van der Waals surface area contributed by atoms with Gasteiger partial charge in [0.25, 0.3) is 10.0 Å². The van der Waals surface area contributed by atoms with E-state index in [1.54, 1.807) is 36.4 Å². The Morgan fingerprint density at radius 2 is 1.75 bits per heavy atom. The van der Waals surface area contributed by atoms with E-state index in [0.717, 1.165) is 0 Å². The van der Waals surface area contributed by atoms with Gasteiger partial charge in [0, 0.05) is 12.7 Å². The molecule has 0 aliphatic carbocycles. The highest BCUT2D eigenvalue weighted by molar-refractivity contribution is 7.92. The summed E-state index contributed by atoms with van der Waals surface area (Å²) in [5.74, 6) is 0.607. The summed E-state index contributed by atoms with van der Waals surface area (Å²) in [6.45, 7) is 0. The summed E-state index contributed by atoms with van der Waals surface area (Å²) in [7, 11) is -0.587. The van der Waals surface area contributed by atoms with Crippen LogP contribution in [0.3, 0.4) is 0 Å². The van der Waals surface area contributed by atoms with Gasteiger partial charge in [-0.25, -0.2) is 8.42 Å². The second-order valence-corrected chi connectivity index (χ2v) is 6.21. The Hall–Kier alpha value is -2.21. The van der Waals surface area contributed by atoms with Gasteiger partial charge < -0.3 is 10.5 Å². The number of nitrogens with two attached hydrogens (primary N) is 1. The molecule has 0 atom stereocenters. The lowest BCUT2D eigenvalue weighted by Crippen LogP contribution is -2.26. The maximum Gasteiger partial charge on any atom is 0.264 e. The fourth-order valence-electron chi connectivity index (χ4n) is 1.77. The van der Waals surface area contributed by atoms with E-state index in [0.29, 0.717) is 17.1 Å². The molecule has 0 saturated carbocycles. The summed E-state index contributed by atoms with van der Waals surface area (Å²) in [6.07, 6.45) is 0. The Kier molecular flexibility index (Phi) is 3.85. The molecule has 0 bridgehead atoms. The van der Waals surface area contributed by atoms with Crippen molar-refractivity contribution in [1.82, 2.24) is 0 Å². The highest BCUT2D eigenvalue weighted by Crippen LogP contribution is 2.24. The highest BCUT2D eigenvalue weighted by Gasteiger charge is 2.21. The van der Waals surface area contributed by atoms with Gasteiger partial charge in [-0.1, -0.05) is 6.07 Å². The summed E-state index contributed by atoms with van der Waals surface area (Å²) in [5, 5.41) is 0. The first-order valence-corrected chi connectivity index (χ1v) is 7.37. The Balaban J connectivity index is 2.38. The monoisotopic (exact) mass is 292 g/mol. The number of hydrogen-bond donors (Lipinski definition) is 1. The van der Waals surface area contributed by atoms with Crippen molar-refractivity contribution < 1.29 is 13.2 Å². The Bertz CT molecular complexity index is 697. The van der Waals surface area contributed by atoms with Crippen molar-refractivity contribution in [2.75, 3.05) is 24.2 Å². The topological polar surface area (TPSA) is 72.6 Å². The minimum absolute atomic E-state index is 0.197. The van der Waals surface area contributed by atoms with Crippen molar-refractivity contribution in [3.8, 4) is 5.75 Å². The second-order valence-electron chi connectivity index (χ2n) is 4.24. The van der Waals surface area contributed by atoms with Crippen molar-refractivity contribution in [3.63, 3.8) is 0 Å². The lowest BCUT2D eigenvalue weighted by molar-refractivity contribution is 0.414. The van der Waals surface area contributed by atoms with Crippen LogP contribution in [-0.4, -0.2) is 22.6 Å². The molecular formula is C14H16N2O3S. The van der Waals surface area contributed by atoms with Crippen LogP contribution >= 0.6 is 0 Å². The molecule has 0 aromatic heterocycles. The summed E-state index contributed by atoms with van der Waals surface area (Å²) < 4.78 is 31.2. The van der Waals surface area contributed by atoms with Crippen LogP contribution in [0.25, 0.3) is 0 Å². The maximum absolute atomic E-state index is 12.5. The minimum Gasteiger partial charge on any atom is -0.497 e. The zero-order chi connectivity index (χ0) is 14.8. The van der Waals surface area contributed by atoms with Crippen LogP contribution in [0.2, 0.25) is 0 Å². The molecule has 0 aliphatic rings. The number of ether oxygens (including phenoxy) is 1. The second kappa shape index (κ2) is 5.42. The lowest BCUT2D eigenvalue weighted by Gasteiger charge is -2.20. The first-order valence-electron chi connectivity index (χ1n) is 5.93. The van der Waals surface area contributed by atoms with E-state index in [1.165, 1.54) is 30.6 Å². The van der Waals surface area contributed by atoms with Gasteiger partial charge in [0.15, 0.2) is 0 Å². The van der Waals surface area contributed by atoms with E-state index in [2.05, 4.69) is 0 Å². The van der Waals surface area contributed by atoms with E-state index >= 15 is 0 Å². The first kappa shape index (κ1) is 14.2. The van der Waals surface area contributed by atoms with E-state index in [9.17, 15) is 8.42 Å². The van der Waals surface area contributed by atoms with E-state index in [1.807, 2.05) is 0 Å². The van der Waals surface area contributed by atoms with Gasteiger partial charge in [0.2, 0.25) is 0 Å². The largest absolute Gasteiger partial charge is 0.497 e. The molecule has 2 aromatic rings.